The van der Waals surface area contributed by atoms with Gasteiger partial charge in [-0.05, 0) is 24.3 Å². The summed E-state index contributed by atoms with van der Waals surface area (Å²) in [6.45, 7) is 0. The maximum absolute atomic E-state index is 13.1. The fraction of sp³-hybridized carbons (Fsp3) is 0.0769. The molecule has 1 N–H and O–H groups in total. The van der Waals surface area contributed by atoms with Crippen LogP contribution >= 0.6 is 0 Å². The Morgan fingerprint density at radius 1 is 1.39 bits per heavy atom. The van der Waals surface area contributed by atoms with E-state index in [9.17, 15) is 9.18 Å². The molecule has 92 valence electrons. The van der Waals surface area contributed by atoms with Crippen LogP contribution in [0.1, 0.15) is 10.4 Å². The molecule has 0 saturated heterocycles. The summed E-state index contributed by atoms with van der Waals surface area (Å²) < 4.78 is 13.1. The molecule has 18 heavy (non-hydrogen) atoms. The SMILES string of the molecule is CN(c1cccc(F)c1)c1ccncc1C(=O)O. The number of rotatable bonds is 3. The number of aromatic carboxylic acids is 1. The number of nitrogens with zero attached hydrogens (tertiary/aromatic N) is 2. The molecule has 1 aromatic carbocycles. The molecule has 0 aliphatic heterocycles. The molecule has 0 unspecified atom stereocenters. The third kappa shape index (κ3) is 2.29. The first kappa shape index (κ1) is 12.0. The highest BCUT2D eigenvalue weighted by Gasteiger charge is 2.14. The summed E-state index contributed by atoms with van der Waals surface area (Å²) in [6, 6.07) is 7.53. The first-order valence-corrected chi connectivity index (χ1v) is 5.26. The number of carbonyl (C=O) groups is 1. The predicted octanol–water partition coefficient (Wildman–Crippen LogP) is 2.69. The van der Waals surface area contributed by atoms with Crippen LogP contribution in [0.2, 0.25) is 0 Å². The quantitative estimate of drug-likeness (QED) is 0.904. The van der Waals surface area contributed by atoms with Crippen LogP contribution in [0.5, 0.6) is 0 Å². The van der Waals surface area contributed by atoms with Crippen LogP contribution in [-0.2, 0) is 0 Å². The Morgan fingerprint density at radius 2 is 2.17 bits per heavy atom. The summed E-state index contributed by atoms with van der Waals surface area (Å²) in [6.07, 6.45) is 2.77. The number of anilines is 2. The van der Waals surface area contributed by atoms with Gasteiger partial charge in [0.1, 0.15) is 11.4 Å². The molecule has 2 aromatic rings. The molecule has 0 saturated carbocycles. The minimum absolute atomic E-state index is 0.0734. The second-order valence-electron chi connectivity index (χ2n) is 3.74. The summed E-state index contributed by atoms with van der Waals surface area (Å²) in [5.74, 6) is -1.44. The molecule has 0 bridgehead atoms. The van der Waals surface area contributed by atoms with Crippen molar-refractivity contribution in [2.24, 2.45) is 0 Å². The third-order valence-electron chi connectivity index (χ3n) is 2.59. The lowest BCUT2D eigenvalue weighted by atomic mass is 10.2. The zero-order chi connectivity index (χ0) is 13.1. The van der Waals surface area contributed by atoms with Gasteiger partial charge in [-0.3, -0.25) is 4.98 Å². The van der Waals surface area contributed by atoms with Gasteiger partial charge in [0.25, 0.3) is 0 Å². The van der Waals surface area contributed by atoms with E-state index in [4.69, 9.17) is 5.11 Å². The molecule has 0 aliphatic carbocycles. The van der Waals surface area contributed by atoms with Gasteiger partial charge in [-0.2, -0.15) is 0 Å². The van der Waals surface area contributed by atoms with Crippen molar-refractivity contribution in [1.82, 2.24) is 4.98 Å². The lowest BCUT2D eigenvalue weighted by Crippen LogP contribution is -2.14. The van der Waals surface area contributed by atoms with Gasteiger partial charge >= 0.3 is 5.97 Å². The molecule has 0 radical (unpaired) electrons. The molecule has 4 nitrogen and oxygen atoms in total. The molecular weight excluding hydrogens is 235 g/mol. The average molecular weight is 246 g/mol. The van der Waals surface area contributed by atoms with E-state index in [1.807, 2.05) is 0 Å². The number of hydrogen-bond acceptors (Lipinski definition) is 3. The van der Waals surface area contributed by atoms with Gasteiger partial charge in [0.15, 0.2) is 0 Å². The molecule has 0 atom stereocenters. The van der Waals surface area contributed by atoms with Gasteiger partial charge in [-0.1, -0.05) is 6.07 Å². The number of pyridine rings is 1. The second kappa shape index (κ2) is 4.83. The highest BCUT2D eigenvalue weighted by atomic mass is 19.1. The first-order chi connectivity index (χ1) is 8.59. The second-order valence-corrected chi connectivity index (χ2v) is 3.74. The van der Waals surface area contributed by atoms with Crippen molar-refractivity contribution in [2.75, 3.05) is 11.9 Å². The number of benzene rings is 1. The molecule has 0 spiro atoms. The zero-order valence-electron chi connectivity index (χ0n) is 9.67. The van der Waals surface area contributed by atoms with Crippen LogP contribution < -0.4 is 4.90 Å². The Labute approximate surface area is 103 Å². The van der Waals surface area contributed by atoms with E-state index in [0.717, 1.165) is 0 Å². The van der Waals surface area contributed by atoms with E-state index in [1.54, 1.807) is 30.1 Å². The largest absolute Gasteiger partial charge is 0.478 e. The van der Waals surface area contributed by atoms with Crippen LogP contribution in [0.15, 0.2) is 42.7 Å². The van der Waals surface area contributed by atoms with Crippen molar-refractivity contribution in [3.8, 4) is 0 Å². The number of carboxylic acid groups (broad SMARTS) is 1. The first-order valence-electron chi connectivity index (χ1n) is 5.26. The van der Waals surface area contributed by atoms with Crippen LogP contribution in [-0.4, -0.2) is 23.1 Å². The van der Waals surface area contributed by atoms with Crippen molar-refractivity contribution in [3.63, 3.8) is 0 Å². The minimum atomic E-state index is -1.07. The van der Waals surface area contributed by atoms with Crippen LogP contribution in [0.4, 0.5) is 15.8 Å². The summed E-state index contributed by atoms with van der Waals surface area (Å²) >= 11 is 0. The third-order valence-corrected chi connectivity index (χ3v) is 2.59. The number of halogens is 1. The Bertz CT molecular complexity index is 587. The summed E-state index contributed by atoms with van der Waals surface area (Å²) in [7, 11) is 1.68. The van der Waals surface area contributed by atoms with Crippen molar-refractivity contribution in [1.29, 1.82) is 0 Å². The van der Waals surface area contributed by atoms with Crippen LogP contribution in [0.25, 0.3) is 0 Å². The van der Waals surface area contributed by atoms with E-state index in [0.29, 0.717) is 11.4 Å². The fourth-order valence-electron chi connectivity index (χ4n) is 1.67. The van der Waals surface area contributed by atoms with E-state index in [1.165, 1.54) is 24.5 Å². The Balaban J connectivity index is 2.46. The summed E-state index contributed by atoms with van der Waals surface area (Å²) in [5.41, 5.74) is 1.11. The molecule has 0 aliphatic rings. The van der Waals surface area contributed by atoms with Gasteiger partial charge < -0.3 is 10.0 Å². The van der Waals surface area contributed by atoms with E-state index >= 15 is 0 Å². The number of aromatic nitrogens is 1. The fourth-order valence-corrected chi connectivity index (χ4v) is 1.67. The molecule has 0 fully saturated rings. The Kier molecular flexibility index (Phi) is 3.23. The number of carboxylic acids is 1. The highest BCUT2D eigenvalue weighted by Crippen LogP contribution is 2.26. The normalized spacial score (nSPS) is 10.1. The van der Waals surface area contributed by atoms with Gasteiger partial charge in [-0.25, -0.2) is 9.18 Å². The minimum Gasteiger partial charge on any atom is -0.478 e. The van der Waals surface area contributed by atoms with E-state index < -0.39 is 5.97 Å². The number of hydrogen-bond donors (Lipinski definition) is 1. The molecular formula is C13H11FN2O2. The topological polar surface area (TPSA) is 53.4 Å². The lowest BCUT2D eigenvalue weighted by molar-refractivity contribution is 0.0697. The molecule has 0 amide bonds. The Morgan fingerprint density at radius 3 is 2.83 bits per heavy atom. The van der Waals surface area contributed by atoms with Gasteiger partial charge in [-0.15, -0.1) is 0 Å². The van der Waals surface area contributed by atoms with Gasteiger partial charge in [0.05, 0.1) is 5.69 Å². The van der Waals surface area contributed by atoms with Crippen molar-refractivity contribution in [3.05, 3.63) is 54.1 Å². The smallest absolute Gasteiger partial charge is 0.339 e. The molecule has 5 heteroatoms. The zero-order valence-corrected chi connectivity index (χ0v) is 9.67. The predicted molar refractivity (Wildman–Crippen MR) is 65.7 cm³/mol. The van der Waals surface area contributed by atoms with Crippen molar-refractivity contribution >= 4 is 17.3 Å². The molecule has 1 heterocycles. The lowest BCUT2D eigenvalue weighted by Gasteiger charge is -2.20. The molecule has 1 aromatic heterocycles. The van der Waals surface area contributed by atoms with E-state index in [2.05, 4.69) is 4.98 Å². The maximum Gasteiger partial charge on any atom is 0.339 e. The average Bonchev–Trinajstić information content (AvgIpc) is 2.38. The molecule has 2 rings (SSSR count). The van der Waals surface area contributed by atoms with Crippen LogP contribution in [0.3, 0.4) is 0 Å². The Hall–Kier alpha value is -2.43. The maximum atomic E-state index is 13.1. The van der Waals surface area contributed by atoms with Gasteiger partial charge in [0.2, 0.25) is 0 Å². The highest BCUT2D eigenvalue weighted by molar-refractivity contribution is 5.95. The van der Waals surface area contributed by atoms with Crippen LogP contribution in [0, 0.1) is 5.82 Å². The monoisotopic (exact) mass is 246 g/mol. The standard InChI is InChI=1S/C13H11FN2O2/c1-16(10-4-2-3-9(14)7-10)12-5-6-15-8-11(12)13(17)18/h2-8H,1H3,(H,17,18). The van der Waals surface area contributed by atoms with Crippen molar-refractivity contribution < 1.29 is 14.3 Å². The van der Waals surface area contributed by atoms with E-state index in [-0.39, 0.29) is 11.4 Å². The summed E-state index contributed by atoms with van der Waals surface area (Å²) in [5, 5.41) is 9.08. The summed E-state index contributed by atoms with van der Waals surface area (Å²) in [4.78, 5) is 16.5. The van der Waals surface area contributed by atoms with Crippen molar-refractivity contribution in [2.45, 2.75) is 0 Å². The van der Waals surface area contributed by atoms with Gasteiger partial charge in [0, 0.05) is 25.1 Å².